The molecule has 0 atom stereocenters. The second-order valence-corrected chi connectivity index (χ2v) is 4.01. The van der Waals surface area contributed by atoms with Gasteiger partial charge in [-0.15, -0.1) is 0 Å². The average Bonchev–Trinajstić information content (AvgIpc) is 2.70. The molecule has 0 bridgehead atoms. The average molecular weight is 189 g/mol. The zero-order chi connectivity index (χ0) is 9.97. The first-order chi connectivity index (χ1) is 6.79. The summed E-state index contributed by atoms with van der Waals surface area (Å²) in [6.45, 7) is 1.95. The number of hydrogen-bond acceptors (Lipinski definition) is 2. The van der Waals surface area contributed by atoms with Gasteiger partial charge in [0, 0.05) is 12.1 Å². The van der Waals surface area contributed by atoms with E-state index in [1.807, 2.05) is 19.1 Å². The molecule has 1 heterocycles. The molecule has 0 aliphatic heterocycles. The summed E-state index contributed by atoms with van der Waals surface area (Å²) in [5.74, 6) is 0.490. The summed E-state index contributed by atoms with van der Waals surface area (Å²) in [4.78, 5) is 16.2. The van der Waals surface area contributed by atoms with Crippen LogP contribution in [0.15, 0.2) is 18.3 Å². The first kappa shape index (κ1) is 9.38. The summed E-state index contributed by atoms with van der Waals surface area (Å²) < 4.78 is 0. The molecule has 14 heavy (non-hydrogen) atoms. The van der Waals surface area contributed by atoms with Crippen LogP contribution < -0.4 is 0 Å². The van der Waals surface area contributed by atoms with Gasteiger partial charge in [0.25, 0.3) is 0 Å². The van der Waals surface area contributed by atoms with Crippen molar-refractivity contribution in [3.05, 3.63) is 29.6 Å². The summed E-state index contributed by atoms with van der Waals surface area (Å²) in [5.41, 5.74) is 1.68. The lowest BCUT2D eigenvalue weighted by atomic mass is 9.97. The molecule has 1 fully saturated rings. The van der Waals surface area contributed by atoms with Crippen LogP contribution in [-0.4, -0.2) is 10.8 Å². The van der Waals surface area contributed by atoms with Gasteiger partial charge in [0.15, 0.2) is 5.78 Å². The summed E-state index contributed by atoms with van der Waals surface area (Å²) >= 11 is 0. The zero-order valence-electron chi connectivity index (χ0n) is 8.49. The van der Waals surface area contributed by atoms with E-state index >= 15 is 0 Å². The third-order valence-electron chi connectivity index (χ3n) is 2.97. The van der Waals surface area contributed by atoms with Crippen molar-refractivity contribution in [2.45, 2.75) is 32.6 Å². The van der Waals surface area contributed by atoms with Gasteiger partial charge < -0.3 is 0 Å². The summed E-state index contributed by atoms with van der Waals surface area (Å²) in [6, 6.07) is 3.83. The second-order valence-electron chi connectivity index (χ2n) is 4.01. The largest absolute Gasteiger partial charge is 0.292 e. The van der Waals surface area contributed by atoms with Crippen molar-refractivity contribution in [2.24, 2.45) is 5.92 Å². The van der Waals surface area contributed by atoms with E-state index in [0.29, 0.717) is 5.69 Å². The third-order valence-corrected chi connectivity index (χ3v) is 2.97. The molecule has 74 valence electrons. The number of Topliss-reactive ketones (excluding diaryl/α,β-unsaturated/α-hetero) is 1. The van der Waals surface area contributed by atoms with Crippen LogP contribution in [0.1, 0.15) is 41.7 Å². The summed E-state index contributed by atoms with van der Waals surface area (Å²) in [7, 11) is 0. The zero-order valence-corrected chi connectivity index (χ0v) is 8.49. The van der Waals surface area contributed by atoms with Crippen LogP contribution in [0.5, 0.6) is 0 Å². The Balaban J connectivity index is 2.22. The minimum absolute atomic E-state index is 0.239. The Morgan fingerprint density at radius 1 is 1.43 bits per heavy atom. The van der Waals surface area contributed by atoms with E-state index in [-0.39, 0.29) is 11.7 Å². The smallest absolute Gasteiger partial charge is 0.184 e. The van der Waals surface area contributed by atoms with Crippen molar-refractivity contribution in [3.63, 3.8) is 0 Å². The predicted molar refractivity (Wildman–Crippen MR) is 55.3 cm³/mol. The molecule has 0 unspecified atom stereocenters. The van der Waals surface area contributed by atoms with Crippen molar-refractivity contribution < 1.29 is 4.79 Å². The number of hydrogen-bond donors (Lipinski definition) is 0. The fourth-order valence-electron chi connectivity index (χ4n) is 2.12. The van der Waals surface area contributed by atoms with Crippen LogP contribution in [0, 0.1) is 12.8 Å². The molecule has 1 aliphatic rings. The van der Waals surface area contributed by atoms with Crippen LogP contribution in [0.2, 0.25) is 0 Å². The number of carbonyl (C=O) groups is 1. The van der Waals surface area contributed by atoms with Crippen molar-refractivity contribution in [1.82, 2.24) is 4.98 Å². The van der Waals surface area contributed by atoms with E-state index in [2.05, 4.69) is 4.98 Å². The van der Waals surface area contributed by atoms with Crippen molar-refractivity contribution in [3.8, 4) is 0 Å². The Bertz CT molecular complexity index is 340. The maximum absolute atomic E-state index is 12.0. The molecule has 1 aliphatic carbocycles. The number of nitrogens with zero attached hydrogens (tertiary/aromatic N) is 1. The molecule has 0 saturated heterocycles. The van der Waals surface area contributed by atoms with E-state index in [9.17, 15) is 4.79 Å². The predicted octanol–water partition coefficient (Wildman–Crippen LogP) is 2.76. The topological polar surface area (TPSA) is 30.0 Å². The molecule has 1 aromatic rings. The first-order valence-electron chi connectivity index (χ1n) is 5.25. The SMILES string of the molecule is Cc1cccnc1C(=O)C1CCCC1. The number of aryl methyl sites for hydroxylation is 1. The highest BCUT2D eigenvalue weighted by Gasteiger charge is 2.25. The first-order valence-corrected chi connectivity index (χ1v) is 5.25. The highest BCUT2D eigenvalue weighted by Crippen LogP contribution is 2.28. The van der Waals surface area contributed by atoms with Crippen LogP contribution in [0.3, 0.4) is 0 Å². The van der Waals surface area contributed by atoms with E-state index in [0.717, 1.165) is 18.4 Å². The molecule has 0 N–H and O–H groups in total. The van der Waals surface area contributed by atoms with E-state index in [1.165, 1.54) is 12.8 Å². The van der Waals surface area contributed by atoms with Crippen LogP contribution in [0.4, 0.5) is 0 Å². The molecule has 1 saturated carbocycles. The molecule has 0 amide bonds. The Morgan fingerprint density at radius 2 is 2.14 bits per heavy atom. The lowest BCUT2D eigenvalue weighted by Gasteiger charge is -2.08. The number of ketones is 1. The quantitative estimate of drug-likeness (QED) is 0.669. The van der Waals surface area contributed by atoms with E-state index < -0.39 is 0 Å². The normalized spacial score (nSPS) is 17.2. The molecule has 0 spiro atoms. The fourth-order valence-corrected chi connectivity index (χ4v) is 2.12. The Labute approximate surface area is 84.4 Å². The highest BCUT2D eigenvalue weighted by atomic mass is 16.1. The van der Waals surface area contributed by atoms with Crippen molar-refractivity contribution in [2.75, 3.05) is 0 Å². The Morgan fingerprint density at radius 3 is 2.79 bits per heavy atom. The van der Waals surface area contributed by atoms with Gasteiger partial charge in [0.05, 0.1) is 0 Å². The third kappa shape index (κ3) is 1.69. The number of rotatable bonds is 2. The molecular weight excluding hydrogens is 174 g/mol. The number of carbonyl (C=O) groups excluding carboxylic acids is 1. The minimum atomic E-state index is 0.239. The van der Waals surface area contributed by atoms with Gasteiger partial charge in [-0.25, -0.2) is 0 Å². The van der Waals surface area contributed by atoms with E-state index in [1.54, 1.807) is 6.20 Å². The van der Waals surface area contributed by atoms with Gasteiger partial charge in [-0.1, -0.05) is 18.9 Å². The maximum Gasteiger partial charge on any atom is 0.184 e. The van der Waals surface area contributed by atoms with Crippen LogP contribution >= 0.6 is 0 Å². The Hall–Kier alpha value is -1.18. The minimum Gasteiger partial charge on any atom is -0.292 e. The number of aromatic nitrogens is 1. The van der Waals surface area contributed by atoms with E-state index in [4.69, 9.17) is 0 Å². The monoisotopic (exact) mass is 189 g/mol. The van der Waals surface area contributed by atoms with Gasteiger partial charge in [-0.05, 0) is 31.4 Å². The molecular formula is C12H15NO. The second kappa shape index (κ2) is 3.91. The lowest BCUT2D eigenvalue weighted by molar-refractivity contribution is 0.0917. The van der Waals surface area contributed by atoms with Gasteiger partial charge in [0.2, 0.25) is 0 Å². The van der Waals surface area contributed by atoms with Gasteiger partial charge >= 0.3 is 0 Å². The Kier molecular flexibility index (Phi) is 2.62. The molecule has 0 radical (unpaired) electrons. The highest BCUT2D eigenvalue weighted by molar-refractivity contribution is 5.97. The fraction of sp³-hybridized carbons (Fsp3) is 0.500. The molecule has 2 nitrogen and oxygen atoms in total. The van der Waals surface area contributed by atoms with Gasteiger partial charge in [-0.2, -0.15) is 0 Å². The molecule has 2 heteroatoms. The maximum atomic E-state index is 12.0. The van der Waals surface area contributed by atoms with Crippen molar-refractivity contribution in [1.29, 1.82) is 0 Å². The standard InChI is InChI=1S/C12H15NO/c1-9-5-4-8-13-11(9)12(14)10-6-2-3-7-10/h4-5,8,10H,2-3,6-7H2,1H3. The molecule has 0 aromatic carbocycles. The van der Waals surface area contributed by atoms with Gasteiger partial charge in [0.1, 0.15) is 5.69 Å². The summed E-state index contributed by atoms with van der Waals surface area (Å²) in [6.07, 6.45) is 6.20. The van der Waals surface area contributed by atoms with Crippen LogP contribution in [0.25, 0.3) is 0 Å². The summed E-state index contributed by atoms with van der Waals surface area (Å²) in [5, 5.41) is 0. The molecule has 2 rings (SSSR count). The van der Waals surface area contributed by atoms with Gasteiger partial charge in [-0.3, -0.25) is 9.78 Å². The molecule has 1 aromatic heterocycles. The van der Waals surface area contributed by atoms with Crippen LogP contribution in [-0.2, 0) is 0 Å². The lowest BCUT2D eigenvalue weighted by Crippen LogP contribution is -2.14. The number of pyridine rings is 1. The van der Waals surface area contributed by atoms with Crippen molar-refractivity contribution >= 4 is 5.78 Å².